The minimum absolute atomic E-state index is 0.504. The monoisotopic (exact) mass is 261 g/mol. The predicted molar refractivity (Wildman–Crippen MR) is 52.3 cm³/mol. The summed E-state index contributed by atoms with van der Waals surface area (Å²) in [6.07, 6.45) is 0.504. The van der Waals surface area contributed by atoms with E-state index in [0.717, 1.165) is 0 Å². The lowest BCUT2D eigenvalue weighted by Gasteiger charge is -2.11. The van der Waals surface area contributed by atoms with Crippen molar-refractivity contribution in [2.24, 2.45) is 0 Å². The van der Waals surface area contributed by atoms with Crippen molar-refractivity contribution in [3.05, 3.63) is 6.61 Å². The first kappa shape index (κ1) is 14.8. The molecule has 0 bridgehead atoms. The average molecular weight is 261 g/mol. The zero-order valence-electron chi connectivity index (χ0n) is 8.03. The van der Waals surface area contributed by atoms with Gasteiger partial charge in [0.15, 0.2) is 0 Å². The van der Waals surface area contributed by atoms with Crippen molar-refractivity contribution in [1.29, 1.82) is 0 Å². The fraction of sp³-hybridized carbons (Fsp3) is 0.833. The van der Waals surface area contributed by atoms with Gasteiger partial charge < -0.3 is 4.74 Å². The van der Waals surface area contributed by atoms with E-state index in [0.29, 0.717) is 6.42 Å². The number of hydrogen-bond acceptors (Lipinski definition) is 5. The minimum Gasteiger partial charge on any atom is -0.374 e. The van der Waals surface area contributed by atoms with Crippen LogP contribution in [0.25, 0.3) is 0 Å². The summed E-state index contributed by atoms with van der Waals surface area (Å²) in [4.78, 5) is 0. The predicted octanol–water partition coefficient (Wildman–Crippen LogP) is -0.281. The normalized spacial score (nSPS) is 15.1. The van der Waals surface area contributed by atoms with E-state index in [-0.39, 0.29) is 0 Å². The Hall–Kier alpha value is -0.220. The molecule has 0 saturated heterocycles. The molecule has 1 unspecified atom stereocenters. The van der Waals surface area contributed by atoms with E-state index in [9.17, 15) is 16.8 Å². The fourth-order valence-electron chi connectivity index (χ4n) is 0.748. The smallest absolute Gasteiger partial charge is 0.271 e. The van der Waals surface area contributed by atoms with Crippen LogP contribution >= 0.6 is 0 Å². The largest absolute Gasteiger partial charge is 0.374 e. The zero-order chi connectivity index (χ0) is 12.1. The molecule has 0 saturated carbocycles. The van der Waals surface area contributed by atoms with E-state index < -0.39 is 37.8 Å². The molecule has 91 valence electrons. The highest BCUT2D eigenvalue weighted by atomic mass is 32.2. The van der Waals surface area contributed by atoms with Gasteiger partial charge >= 0.3 is 0 Å². The van der Waals surface area contributed by atoms with Crippen LogP contribution in [0.4, 0.5) is 0 Å². The first-order valence-electron chi connectivity index (χ1n) is 4.01. The van der Waals surface area contributed by atoms with Gasteiger partial charge in [-0.1, -0.05) is 6.92 Å². The second kappa shape index (κ2) is 5.75. The van der Waals surface area contributed by atoms with Gasteiger partial charge in [-0.25, -0.2) is 0 Å². The van der Waals surface area contributed by atoms with E-state index in [1.807, 2.05) is 0 Å². The molecule has 0 aliphatic heterocycles. The molecule has 0 aromatic carbocycles. The summed E-state index contributed by atoms with van der Waals surface area (Å²) < 4.78 is 64.0. The van der Waals surface area contributed by atoms with Crippen molar-refractivity contribution < 1.29 is 30.7 Å². The molecule has 1 atom stereocenters. The van der Waals surface area contributed by atoms with Gasteiger partial charge in [0.2, 0.25) is 0 Å². The molecule has 15 heavy (non-hydrogen) atoms. The Morgan fingerprint density at radius 1 is 1.27 bits per heavy atom. The minimum atomic E-state index is -4.56. The van der Waals surface area contributed by atoms with E-state index in [4.69, 9.17) is 9.11 Å². The van der Waals surface area contributed by atoms with Crippen molar-refractivity contribution in [3.63, 3.8) is 0 Å². The molecule has 0 fully saturated rings. The Labute approximate surface area is 88.9 Å². The van der Waals surface area contributed by atoms with Gasteiger partial charge in [0.25, 0.3) is 20.2 Å². The first-order valence-corrected chi connectivity index (χ1v) is 7.12. The molecule has 0 amide bonds. The second-order valence-corrected chi connectivity index (χ2v) is 5.99. The molecule has 0 aromatic rings. The van der Waals surface area contributed by atoms with Crippen molar-refractivity contribution in [2.45, 2.75) is 18.6 Å². The topological polar surface area (TPSA) is 118 Å². The zero-order valence-corrected chi connectivity index (χ0v) is 9.66. The maximum absolute atomic E-state index is 10.7. The standard InChI is InChI=1S/C6H13O7S2/c1-2-3-13-4-6(15(10,11)12)5-14(7,8)9/h3,6H,2,4-5H2,1H3,(H,7,8,9)(H,10,11,12). The van der Waals surface area contributed by atoms with Crippen LogP contribution in [0.5, 0.6) is 0 Å². The van der Waals surface area contributed by atoms with Gasteiger partial charge in [0.1, 0.15) is 5.25 Å². The summed E-state index contributed by atoms with van der Waals surface area (Å²) in [7, 11) is -9.04. The number of ether oxygens (including phenoxy) is 1. The van der Waals surface area contributed by atoms with Crippen molar-refractivity contribution in [1.82, 2.24) is 0 Å². The quantitative estimate of drug-likeness (QED) is 0.478. The molecule has 7 nitrogen and oxygen atoms in total. The van der Waals surface area contributed by atoms with Crippen LogP contribution in [-0.2, 0) is 25.0 Å². The molecule has 9 heteroatoms. The third-order valence-electron chi connectivity index (χ3n) is 1.38. The lowest BCUT2D eigenvalue weighted by Crippen LogP contribution is -2.33. The lowest BCUT2D eigenvalue weighted by atomic mass is 10.5. The third kappa shape index (κ3) is 7.68. The van der Waals surface area contributed by atoms with E-state index in [1.165, 1.54) is 6.61 Å². The Balaban J connectivity index is 4.48. The molecule has 0 aliphatic rings. The fourth-order valence-corrected chi connectivity index (χ4v) is 2.77. The summed E-state index contributed by atoms with van der Waals surface area (Å²) in [5, 5.41) is -1.68. The van der Waals surface area contributed by atoms with Crippen LogP contribution in [-0.4, -0.2) is 43.6 Å². The van der Waals surface area contributed by atoms with Crippen LogP contribution in [0.15, 0.2) is 0 Å². The summed E-state index contributed by atoms with van der Waals surface area (Å²) in [5.74, 6) is -1.09. The SMILES string of the molecule is CC[CH]OCC(CS(=O)(=O)O)S(=O)(=O)O. The second-order valence-electron chi connectivity index (χ2n) is 2.79. The van der Waals surface area contributed by atoms with Crippen LogP contribution in [0, 0.1) is 6.61 Å². The maximum atomic E-state index is 10.7. The number of rotatable bonds is 7. The highest BCUT2D eigenvalue weighted by Gasteiger charge is 2.28. The number of hydrogen-bond donors (Lipinski definition) is 2. The van der Waals surface area contributed by atoms with Gasteiger partial charge in [-0.05, 0) is 6.42 Å². The summed E-state index contributed by atoms with van der Waals surface area (Å²) >= 11 is 0. The van der Waals surface area contributed by atoms with Crippen molar-refractivity contribution in [2.75, 3.05) is 12.4 Å². The molecule has 0 aromatic heterocycles. The molecule has 1 radical (unpaired) electrons. The van der Waals surface area contributed by atoms with Crippen LogP contribution < -0.4 is 0 Å². The van der Waals surface area contributed by atoms with E-state index >= 15 is 0 Å². The van der Waals surface area contributed by atoms with Crippen molar-refractivity contribution in [3.8, 4) is 0 Å². The molecular weight excluding hydrogens is 248 g/mol. The summed E-state index contributed by atoms with van der Waals surface area (Å²) in [6, 6.07) is 0. The lowest BCUT2D eigenvalue weighted by molar-refractivity contribution is 0.193. The van der Waals surface area contributed by atoms with Gasteiger partial charge in [-0.3, -0.25) is 9.11 Å². The third-order valence-corrected chi connectivity index (χ3v) is 3.56. The Bertz CT molecular complexity index is 368. The van der Waals surface area contributed by atoms with Gasteiger partial charge in [0, 0.05) is 0 Å². The summed E-state index contributed by atoms with van der Waals surface area (Å²) in [6.45, 7) is 2.47. The average Bonchev–Trinajstić information content (AvgIpc) is 1.99. The summed E-state index contributed by atoms with van der Waals surface area (Å²) in [5.41, 5.74) is 0. The van der Waals surface area contributed by atoms with E-state index in [1.54, 1.807) is 6.92 Å². The molecule has 0 heterocycles. The highest BCUT2D eigenvalue weighted by Crippen LogP contribution is 2.04. The molecule has 0 spiro atoms. The van der Waals surface area contributed by atoms with Gasteiger partial charge in [0.05, 0.1) is 19.0 Å². The van der Waals surface area contributed by atoms with Gasteiger partial charge in [-0.2, -0.15) is 16.8 Å². The maximum Gasteiger partial charge on any atom is 0.271 e. The highest BCUT2D eigenvalue weighted by molar-refractivity contribution is 7.90. The molecule has 0 rings (SSSR count). The molecule has 2 N–H and O–H groups in total. The Morgan fingerprint density at radius 3 is 2.13 bits per heavy atom. The Kier molecular flexibility index (Phi) is 5.67. The first-order chi connectivity index (χ1) is 6.67. The van der Waals surface area contributed by atoms with Gasteiger partial charge in [-0.15, -0.1) is 0 Å². The van der Waals surface area contributed by atoms with Crippen molar-refractivity contribution >= 4 is 20.2 Å². The molecule has 0 aliphatic carbocycles. The van der Waals surface area contributed by atoms with Crippen LogP contribution in [0.2, 0.25) is 0 Å². The van der Waals surface area contributed by atoms with Crippen LogP contribution in [0.1, 0.15) is 13.3 Å². The van der Waals surface area contributed by atoms with E-state index in [2.05, 4.69) is 4.74 Å². The van der Waals surface area contributed by atoms with Crippen LogP contribution in [0.3, 0.4) is 0 Å². The molecular formula is C6H13O7S2. The Morgan fingerprint density at radius 2 is 1.80 bits per heavy atom.